The van der Waals surface area contributed by atoms with Crippen molar-refractivity contribution in [3.8, 4) is 0 Å². The van der Waals surface area contributed by atoms with Crippen molar-refractivity contribution >= 4 is 35.2 Å². The molecule has 1 aliphatic heterocycles. The highest BCUT2D eigenvalue weighted by atomic mass is 35.5. The lowest BCUT2D eigenvalue weighted by molar-refractivity contribution is -0.155. The zero-order valence-electron chi connectivity index (χ0n) is 11.8. The summed E-state index contributed by atoms with van der Waals surface area (Å²) in [6, 6.07) is 7.49. The minimum absolute atomic E-state index is 0.100. The molecule has 1 fully saturated rings. The van der Waals surface area contributed by atoms with Crippen molar-refractivity contribution in [2.75, 3.05) is 12.3 Å². The SMILES string of the molecule is CC1(C(=O)O)CCCN1C(=O)CCSc1ccccc1Cl. The van der Waals surface area contributed by atoms with E-state index < -0.39 is 11.5 Å². The number of amides is 1. The topological polar surface area (TPSA) is 57.6 Å². The minimum Gasteiger partial charge on any atom is -0.480 e. The second-order valence-electron chi connectivity index (χ2n) is 5.26. The Balaban J connectivity index is 1.91. The maximum atomic E-state index is 12.3. The molecule has 21 heavy (non-hydrogen) atoms. The van der Waals surface area contributed by atoms with Crippen LogP contribution in [0, 0.1) is 0 Å². The fraction of sp³-hybridized carbons (Fsp3) is 0.467. The summed E-state index contributed by atoms with van der Waals surface area (Å²) in [6.07, 6.45) is 1.58. The number of halogens is 1. The molecule has 1 amide bonds. The van der Waals surface area contributed by atoms with Crippen LogP contribution in [0.15, 0.2) is 29.2 Å². The summed E-state index contributed by atoms with van der Waals surface area (Å²) in [5.74, 6) is -0.432. The van der Waals surface area contributed by atoms with Gasteiger partial charge < -0.3 is 10.0 Å². The molecule has 1 saturated heterocycles. The van der Waals surface area contributed by atoms with Crippen LogP contribution in [0.25, 0.3) is 0 Å². The number of carboxylic acids is 1. The summed E-state index contributed by atoms with van der Waals surface area (Å²) in [5, 5.41) is 9.99. The molecule has 1 aliphatic rings. The molecule has 1 unspecified atom stereocenters. The Labute approximate surface area is 133 Å². The van der Waals surface area contributed by atoms with E-state index in [-0.39, 0.29) is 5.91 Å². The molecule has 1 atom stereocenters. The van der Waals surface area contributed by atoms with E-state index in [4.69, 9.17) is 11.6 Å². The monoisotopic (exact) mass is 327 g/mol. The lowest BCUT2D eigenvalue weighted by atomic mass is 9.99. The standard InChI is InChI=1S/C15H18ClNO3S/c1-15(14(19)20)8-4-9-17(15)13(18)7-10-21-12-6-3-2-5-11(12)16/h2-3,5-6H,4,7-10H2,1H3,(H,19,20). The molecular weight excluding hydrogens is 310 g/mol. The van der Waals surface area contributed by atoms with Crippen LogP contribution in [0.3, 0.4) is 0 Å². The number of nitrogens with zero attached hydrogens (tertiary/aromatic N) is 1. The van der Waals surface area contributed by atoms with Crippen LogP contribution in [0.5, 0.6) is 0 Å². The summed E-state index contributed by atoms with van der Waals surface area (Å²) in [6.45, 7) is 2.15. The average Bonchev–Trinajstić information content (AvgIpc) is 2.84. The molecule has 0 aliphatic carbocycles. The Morgan fingerprint density at radius 2 is 2.14 bits per heavy atom. The zero-order valence-corrected chi connectivity index (χ0v) is 13.4. The molecular formula is C15H18ClNO3S. The summed E-state index contributed by atoms with van der Waals surface area (Å²) < 4.78 is 0. The van der Waals surface area contributed by atoms with Gasteiger partial charge in [0.25, 0.3) is 0 Å². The number of aliphatic carboxylic acids is 1. The molecule has 0 radical (unpaired) electrons. The van der Waals surface area contributed by atoms with E-state index in [9.17, 15) is 14.7 Å². The Hall–Kier alpha value is -1.20. The largest absolute Gasteiger partial charge is 0.480 e. The van der Waals surface area contributed by atoms with Gasteiger partial charge in [0.1, 0.15) is 5.54 Å². The van der Waals surface area contributed by atoms with Crippen LogP contribution in [0.1, 0.15) is 26.2 Å². The smallest absolute Gasteiger partial charge is 0.329 e. The molecule has 0 aromatic heterocycles. The molecule has 1 N–H and O–H groups in total. The van der Waals surface area contributed by atoms with Crippen molar-refractivity contribution in [3.05, 3.63) is 29.3 Å². The Kier molecular flexibility index (Phi) is 5.17. The lowest BCUT2D eigenvalue weighted by Crippen LogP contribution is -2.50. The van der Waals surface area contributed by atoms with Gasteiger partial charge in [0.15, 0.2) is 0 Å². The third kappa shape index (κ3) is 3.52. The third-order valence-electron chi connectivity index (χ3n) is 3.81. The fourth-order valence-corrected chi connectivity index (χ4v) is 3.71. The molecule has 1 aromatic carbocycles. The van der Waals surface area contributed by atoms with Gasteiger partial charge >= 0.3 is 5.97 Å². The van der Waals surface area contributed by atoms with E-state index in [2.05, 4.69) is 0 Å². The van der Waals surface area contributed by atoms with Gasteiger partial charge in [0.05, 0.1) is 5.02 Å². The molecule has 2 rings (SSSR count). The van der Waals surface area contributed by atoms with Gasteiger partial charge in [-0.15, -0.1) is 11.8 Å². The summed E-state index contributed by atoms with van der Waals surface area (Å²) in [7, 11) is 0. The predicted octanol–water partition coefficient (Wildman–Crippen LogP) is 3.29. The number of likely N-dealkylation sites (tertiary alicyclic amines) is 1. The molecule has 4 nitrogen and oxygen atoms in total. The number of rotatable bonds is 5. The van der Waals surface area contributed by atoms with Crippen molar-refractivity contribution in [1.82, 2.24) is 4.90 Å². The van der Waals surface area contributed by atoms with E-state index >= 15 is 0 Å². The predicted molar refractivity (Wildman–Crippen MR) is 83.8 cm³/mol. The molecule has 1 aromatic rings. The number of benzene rings is 1. The first-order chi connectivity index (χ1) is 9.95. The van der Waals surface area contributed by atoms with E-state index in [1.165, 1.54) is 16.7 Å². The van der Waals surface area contributed by atoms with E-state index in [1.807, 2.05) is 24.3 Å². The van der Waals surface area contributed by atoms with Gasteiger partial charge in [-0.05, 0) is 31.9 Å². The number of hydrogen-bond acceptors (Lipinski definition) is 3. The third-order valence-corrected chi connectivity index (χ3v) is 5.33. The fourth-order valence-electron chi connectivity index (χ4n) is 2.53. The van der Waals surface area contributed by atoms with E-state index in [0.717, 1.165) is 11.3 Å². The van der Waals surface area contributed by atoms with E-state index in [1.54, 1.807) is 6.92 Å². The number of carboxylic acid groups (broad SMARTS) is 1. The Bertz CT molecular complexity index is 551. The van der Waals surface area contributed by atoms with Gasteiger partial charge in [-0.1, -0.05) is 23.7 Å². The van der Waals surface area contributed by atoms with Crippen molar-refractivity contribution in [1.29, 1.82) is 0 Å². The first-order valence-corrected chi connectivity index (χ1v) is 8.23. The second kappa shape index (κ2) is 6.71. The van der Waals surface area contributed by atoms with Crippen LogP contribution >= 0.6 is 23.4 Å². The molecule has 6 heteroatoms. The van der Waals surface area contributed by atoms with Gasteiger partial charge in [0, 0.05) is 23.6 Å². The van der Waals surface area contributed by atoms with Crippen LogP contribution in [-0.4, -0.2) is 39.7 Å². The summed E-state index contributed by atoms with van der Waals surface area (Å²) in [5.41, 5.74) is -1.05. The normalized spacial score (nSPS) is 21.5. The highest BCUT2D eigenvalue weighted by Crippen LogP contribution is 2.31. The Morgan fingerprint density at radius 3 is 2.81 bits per heavy atom. The molecule has 0 spiro atoms. The number of hydrogen-bond donors (Lipinski definition) is 1. The molecule has 114 valence electrons. The number of carbonyl (C=O) groups is 2. The van der Waals surface area contributed by atoms with E-state index in [0.29, 0.717) is 30.2 Å². The first kappa shape index (κ1) is 16.2. The summed E-state index contributed by atoms with van der Waals surface area (Å²) >= 11 is 7.58. The minimum atomic E-state index is -1.05. The highest BCUT2D eigenvalue weighted by Gasteiger charge is 2.45. The number of thioether (sulfide) groups is 1. The number of carbonyl (C=O) groups excluding carboxylic acids is 1. The molecule has 0 bridgehead atoms. The van der Waals surface area contributed by atoms with Crippen LogP contribution in [0.2, 0.25) is 5.02 Å². The lowest BCUT2D eigenvalue weighted by Gasteiger charge is -2.31. The first-order valence-electron chi connectivity index (χ1n) is 6.86. The van der Waals surface area contributed by atoms with Gasteiger partial charge in [-0.25, -0.2) is 4.79 Å². The van der Waals surface area contributed by atoms with Gasteiger partial charge in [-0.3, -0.25) is 4.79 Å². The maximum absolute atomic E-state index is 12.3. The van der Waals surface area contributed by atoms with Crippen molar-refractivity contribution in [3.63, 3.8) is 0 Å². The maximum Gasteiger partial charge on any atom is 0.329 e. The molecule has 0 saturated carbocycles. The highest BCUT2D eigenvalue weighted by molar-refractivity contribution is 7.99. The van der Waals surface area contributed by atoms with Gasteiger partial charge in [0.2, 0.25) is 5.91 Å². The van der Waals surface area contributed by atoms with Crippen molar-refractivity contribution in [2.45, 2.75) is 36.6 Å². The molecule has 1 heterocycles. The Morgan fingerprint density at radius 1 is 1.43 bits per heavy atom. The van der Waals surface area contributed by atoms with Gasteiger partial charge in [-0.2, -0.15) is 0 Å². The second-order valence-corrected chi connectivity index (χ2v) is 6.80. The average molecular weight is 328 g/mol. The zero-order chi connectivity index (χ0) is 15.5. The van der Waals surface area contributed by atoms with Crippen molar-refractivity contribution in [2.24, 2.45) is 0 Å². The summed E-state index contributed by atoms with van der Waals surface area (Å²) in [4.78, 5) is 26.1. The quantitative estimate of drug-likeness (QED) is 0.843. The van der Waals surface area contributed by atoms with Crippen LogP contribution in [-0.2, 0) is 9.59 Å². The van der Waals surface area contributed by atoms with Crippen LogP contribution < -0.4 is 0 Å². The van der Waals surface area contributed by atoms with Crippen molar-refractivity contribution < 1.29 is 14.7 Å². The van der Waals surface area contributed by atoms with Crippen LogP contribution in [0.4, 0.5) is 0 Å².